The second-order valence-corrected chi connectivity index (χ2v) is 5.27. The van der Waals surface area contributed by atoms with Crippen LogP contribution in [0.4, 0.5) is 4.39 Å². The van der Waals surface area contributed by atoms with Gasteiger partial charge in [-0.2, -0.15) is 0 Å². The molecule has 5 heteroatoms. The van der Waals surface area contributed by atoms with Crippen LogP contribution < -0.4 is 10.1 Å². The summed E-state index contributed by atoms with van der Waals surface area (Å²) in [6.45, 7) is 4.46. The van der Waals surface area contributed by atoms with Crippen molar-refractivity contribution in [3.05, 3.63) is 53.1 Å². The monoisotopic (exact) mass is 304 g/mol. The van der Waals surface area contributed by atoms with E-state index < -0.39 is 5.82 Å². The maximum absolute atomic E-state index is 13.3. The number of carbonyl (C=O) groups excluding carboxylic acids is 1. The highest BCUT2D eigenvalue weighted by atomic mass is 19.1. The quantitative estimate of drug-likeness (QED) is 0.891. The Bertz CT molecular complexity index is 665. The largest absolute Gasteiger partial charge is 0.481 e. The summed E-state index contributed by atoms with van der Waals surface area (Å²) in [6.07, 6.45) is 0.763. The van der Waals surface area contributed by atoms with E-state index >= 15 is 0 Å². The summed E-state index contributed by atoms with van der Waals surface area (Å²) in [5.74, 6) is -0.633. The van der Waals surface area contributed by atoms with Gasteiger partial charge >= 0.3 is 0 Å². The van der Waals surface area contributed by atoms with Gasteiger partial charge in [0.2, 0.25) is 0 Å². The number of para-hydroxylation sites is 1. The van der Waals surface area contributed by atoms with Crippen LogP contribution in [0, 0.1) is 19.7 Å². The first-order valence-electron chi connectivity index (χ1n) is 7.25. The van der Waals surface area contributed by atoms with E-state index in [0.29, 0.717) is 6.54 Å². The Morgan fingerprint density at radius 2 is 2.05 bits per heavy atom. The number of hydrogen-bond donors (Lipinski definition) is 1. The van der Waals surface area contributed by atoms with Gasteiger partial charge in [-0.3, -0.25) is 4.79 Å². The fraction of sp³-hybridized carbons (Fsp3) is 0.353. The Balaban J connectivity index is 1.76. The van der Waals surface area contributed by atoms with Gasteiger partial charge in [-0.1, -0.05) is 12.1 Å². The Hall–Kier alpha value is -2.30. The normalized spacial score (nSPS) is 10.5. The molecule has 1 aromatic carbocycles. The summed E-state index contributed by atoms with van der Waals surface area (Å²) in [4.78, 5) is 11.7. The van der Waals surface area contributed by atoms with Gasteiger partial charge in [0.05, 0.1) is 0 Å². The Morgan fingerprint density at radius 3 is 2.68 bits per heavy atom. The van der Waals surface area contributed by atoms with E-state index in [1.54, 1.807) is 12.1 Å². The summed E-state index contributed by atoms with van der Waals surface area (Å²) >= 11 is 0. The number of carbonyl (C=O) groups is 1. The molecular formula is C17H21FN2O2. The lowest BCUT2D eigenvalue weighted by atomic mass is 10.2. The standard InChI is InChI=1S/C17H21FN2O2/c1-12-10-14(13(2)20(12)3)8-9-19-17(21)11-22-16-7-5-4-6-15(16)18/h4-7,10H,8-9,11H2,1-3H3,(H,19,21). The maximum Gasteiger partial charge on any atom is 0.257 e. The number of amides is 1. The lowest BCUT2D eigenvalue weighted by Crippen LogP contribution is -2.30. The highest BCUT2D eigenvalue weighted by Gasteiger charge is 2.08. The molecule has 0 saturated carbocycles. The fourth-order valence-electron chi connectivity index (χ4n) is 2.28. The molecule has 2 aromatic rings. The SMILES string of the molecule is Cc1cc(CCNC(=O)COc2ccccc2F)c(C)n1C. The van der Waals surface area contributed by atoms with Crippen LogP contribution in [0.3, 0.4) is 0 Å². The van der Waals surface area contributed by atoms with E-state index in [0.717, 1.165) is 6.42 Å². The first-order valence-corrected chi connectivity index (χ1v) is 7.25. The van der Waals surface area contributed by atoms with Gasteiger partial charge in [0.15, 0.2) is 18.2 Å². The van der Waals surface area contributed by atoms with Gasteiger partial charge in [-0.05, 0) is 44.0 Å². The molecule has 0 radical (unpaired) electrons. The van der Waals surface area contributed by atoms with Gasteiger partial charge < -0.3 is 14.6 Å². The zero-order valence-electron chi connectivity index (χ0n) is 13.1. The zero-order valence-corrected chi connectivity index (χ0v) is 13.1. The lowest BCUT2D eigenvalue weighted by Gasteiger charge is -2.08. The average molecular weight is 304 g/mol. The minimum atomic E-state index is -0.467. The van der Waals surface area contributed by atoms with Crippen LogP contribution in [0.5, 0.6) is 5.75 Å². The molecular weight excluding hydrogens is 283 g/mol. The topological polar surface area (TPSA) is 43.3 Å². The highest BCUT2D eigenvalue weighted by molar-refractivity contribution is 5.77. The molecule has 0 unspecified atom stereocenters. The van der Waals surface area contributed by atoms with E-state index in [1.807, 2.05) is 7.05 Å². The molecule has 4 nitrogen and oxygen atoms in total. The highest BCUT2D eigenvalue weighted by Crippen LogP contribution is 2.15. The van der Waals surface area contributed by atoms with Gasteiger partial charge in [-0.15, -0.1) is 0 Å². The summed E-state index contributed by atoms with van der Waals surface area (Å²) in [5, 5.41) is 2.78. The molecule has 0 bridgehead atoms. The zero-order chi connectivity index (χ0) is 16.1. The van der Waals surface area contributed by atoms with Crippen LogP contribution in [0.25, 0.3) is 0 Å². The molecule has 0 atom stereocenters. The molecule has 0 fully saturated rings. The van der Waals surface area contributed by atoms with Crippen molar-refractivity contribution in [2.24, 2.45) is 7.05 Å². The third-order valence-corrected chi connectivity index (χ3v) is 3.79. The molecule has 0 spiro atoms. The van der Waals surface area contributed by atoms with E-state index in [4.69, 9.17) is 4.74 Å². The van der Waals surface area contributed by atoms with Crippen molar-refractivity contribution in [1.82, 2.24) is 9.88 Å². The van der Waals surface area contributed by atoms with E-state index in [2.05, 4.69) is 29.8 Å². The second-order valence-electron chi connectivity index (χ2n) is 5.27. The molecule has 2 rings (SSSR count). The predicted octanol–water partition coefficient (Wildman–Crippen LogP) is 2.52. The van der Waals surface area contributed by atoms with Crippen molar-refractivity contribution in [2.75, 3.05) is 13.2 Å². The van der Waals surface area contributed by atoms with Crippen molar-refractivity contribution in [3.63, 3.8) is 0 Å². The van der Waals surface area contributed by atoms with Gasteiger partial charge in [-0.25, -0.2) is 4.39 Å². The Morgan fingerprint density at radius 1 is 1.32 bits per heavy atom. The minimum Gasteiger partial charge on any atom is -0.481 e. The van der Waals surface area contributed by atoms with E-state index in [9.17, 15) is 9.18 Å². The van der Waals surface area contributed by atoms with Crippen molar-refractivity contribution in [2.45, 2.75) is 20.3 Å². The molecule has 0 saturated heterocycles. The number of hydrogen-bond acceptors (Lipinski definition) is 2. The van der Waals surface area contributed by atoms with Gasteiger partial charge in [0.25, 0.3) is 5.91 Å². The second kappa shape index (κ2) is 7.11. The smallest absolute Gasteiger partial charge is 0.257 e. The molecule has 0 aliphatic heterocycles. The molecule has 0 aliphatic rings. The summed E-state index contributed by atoms with van der Waals surface area (Å²) in [6, 6.07) is 8.16. The van der Waals surface area contributed by atoms with Crippen LogP contribution in [0.1, 0.15) is 17.0 Å². The fourth-order valence-corrected chi connectivity index (χ4v) is 2.28. The van der Waals surface area contributed by atoms with Crippen molar-refractivity contribution < 1.29 is 13.9 Å². The summed E-state index contributed by atoms with van der Waals surface area (Å²) in [7, 11) is 2.02. The third kappa shape index (κ3) is 3.87. The lowest BCUT2D eigenvalue weighted by molar-refractivity contribution is -0.123. The number of halogens is 1. The van der Waals surface area contributed by atoms with Gasteiger partial charge in [0.1, 0.15) is 0 Å². The number of aromatic nitrogens is 1. The average Bonchev–Trinajstić information content (AvgIpc) is 2.74. The predicted molar refractivity (Wildman–Crippen MR) is 83.5 cm³/mol. The molecule has 22 heavy (non-hydrogen) atoms. The van der Waals surface area contributed by atoms with Crippen LogP contribution in [0.2, 0.25) is 0 Å². The minimum absolute atomic E-state index is 0.0900. The van der Waals surface area contributed by atoms with Crippen molar-refractivity contribution in [1.29, 1.82) is 0 Å². The van der Waals surface area contributed by atoms with Crippen LogP contribution >= 0.6 is 0 Å². The molecule has 1 heterocycles. The molecule has 0 aliphatic carbocycles. The number of ether oxygens (including phenoxy) is 1. The first-order chi connectivity index (χ1) is 10.5. The van der Waals surface area contributed by atoms with Crippen LogP contribution in [0.15, 0.2) is 30.3 Å². The van der Waals surface area contributed by atoms with E-state index in [1.165, 1.54) is 29.1 Å². The first kappa shape index (κ1) is 16.1. The third-order valence-electron chi connectivity index (χ3n) is 3.79. The molecule has 1 amide bonds. The van der Waals surface area contributed by atoms with Crippen LogP contribution in [-0.2, 0) is 18.3 Å². The number of nitrogens with one attached hydrogen (secondary N) is 1. The number of benzene rings is 1. The van der Waals surface area contributed by atoms with Crippen LogP contribution in [-0.4, -0.2) is 23.6 Å². The number of nitrogens with zero attached hydrogens (tertiary/aromatic N) is 1. The molecule has 1 N–H and O–H groups in total. The maximum atomic E-state index is 13.3. The van der Waals surface area contributed by atoms with Crippen molar-refractivity contribution in [3.8, 4) is 5.75 Å². The Kier molecular flexibility index (Phi) is 5.20. The molecule has 1 aromatic heterocycles. The number of rotatable bonds is 6. The summed E-state index contributed by atoms with van der Waals surface area (Å²) < 4.78 is 20.6. The van der Waals surface area contributed by atoms with Crippen molar-refractivity contribution >= 4 is 5.91 Å². The van der Waals surface area contributed by atoms with Gasteiger partial charge in [0, 0.05) is 25.0 Å². The number of aryl methyl sites for hydroxylation is 1. The molecule has 118 valence electrons. The Labute approximate surface area is 129 Å². The summed E-state index contributed by atoms with van der Waals surface area (Å²) in [5.41, 5.74) is 3.62. The van der Waals surface area contributed by atoms with E-state index in [-0.39, 0.29) is 18.3 Å².